The summed E-state index contributed by atoms with van der Waals surface area (Å²) < 4.78 is 32.2. The van der Waals surface area contributed by atoms with Crippen LogP contribution in [0.15, 0.2) is 85.1 Å². The fourth-order valence-electron chi connectivity index (χ4n) is 4.73. The number of carbonyl (C=O) groups excluding carboxylic acids is 1. The van der Waals surface area contributed by atoms with E-state index in [4.69, 9.17) is 0 Å². The van der Waals surface area contributed by atoms with E-state index in [0.29, 0.717) is 12.8 Å². The molecule has 0 heterocycles. The van der Waals surface area contributed by atoms with Crippen LogP contribution in [0, 0.1) is 0 Å². The molecule has 0 aromatic carbocycles. The van der Waals surface area contributed by atoms with E-state index >= 15 is 0 Å². The van der Waals surface area contributed by atoms with Gasteiger partial charge in [0.1, 0.15) is 0 Å². The lowest BCUT2D eigenvalue weighted by molar-refractivity contribution is -0.122. The van der Waals surface area contributed by atoms with Gasteiger partial charge in [-0.05, 0) is 64.2 Å². The molecule has 0 aromatic heterocycles. The Morgan fingerprint density at radius 2 is 1.02 bits per heavy atom. The molecular formula is C39H65NO5S. The Morgan fingerprint density at radius 3 is 1.46 bits per heavy atom. The second-order valence-electron chi connectivity index (χ2n) is 11.8. The van der Waals surface area contributed by atoms with Gasteiger partial charge in [0.2, 0.25) is 5.91 Å². The molecule has 0 aliphatic rings. The summed E-state index contributed by atoms with van der Waals surface area (Å²) >= 11 is 0. The van der Waals surface area contributed by atoms with Crippen LogP contribution in [0.25, 0.3) is 0 Å². The molecular weight excluding hydrogens is 594 g/mol. The predicted octanol–water partition coefficient (Wildman–Crippen LogP) is 10.1. The molecule has 0 spiro atoms. The number of aliphatic hydroxyl groups excluding tert-OH is 1. The average molecular weight is 660 g/mol. The quantitative estimate of drug-likeness (QED) is 0.0404. The summed E-state index contributed by atoms with van der Waals surface area (Å²) in [7, 11) is -4.32. The lowest BCUT2D eigenvalue weighted by Gasteiger charge is -2.23. The van der Waals surface area contributed by atoms with Crippen molar-refractivity contribution < 1.29 is 22.9 Å². The molecule has 3 N–H and O–H groups in total. The van der Waals surface area contributed by atoms with Crippen molar-refractivity contribution in [2.45, 2.75) is 148 Å². The summed E-state index contributed by atoms with van der Waals surface area (Å²) in [5.74, 6) is -0.989. The predicted molar refractivity (Wildman–Crippen MR) is 197 cm³/mol. The van der Waals surface area contributed by atoms with Crippen molar-refractivity contribution in [3.63, 3.8) is 0 Å². The standard InChI is InChI=1S/C39H65NO5S/c1-3-5-7-9-11-13-14-15-16-17-18-19-20-21-22-23-24-25-26-27-29-31-33-35-39(42)40-37(36-46(43,44)45)38(41)34-32-30-28-12-10-8-6-4-2/h5,7,11,13,15-16,18-19,21-22,24-25,27,29,37-38,41H,3-4,6,8-10,12,14,17,20,23,26,28,30-36H2,1-2H3,(H,40,42)(H,43,44,45)/b7-5-,13-11-,16-15-,19-18-,22-21-,25-24-,29-27-. The third-order valence-electron chi connectivity index (χ3n) is 7.36. The highest BCUT2D eigenvalue weighted by Crippen LogP contribution is 2.13. The molecule has 0 fully saturated rings. The van der Waals surface area contributed by atoms with Crippen LogP contribution < -0.4 is 5.32 Å². The van der Waals surface area contributed by atoms with Crippen molar-refractivity contribution in [2.24, 2.45) is 0 Å². The number of nitrogens with one attached hydrogen (secondary N) is 1. The van der Waals surface area contributed by atoms with E-state index in [0.717, 1.165) is 77.0 Å². The maximum absolute atomic E-state index is 12.4. The maximum Gasteiger partial charge on any atom is 0.266 e. The summed E-state index contributed by atoms with van der Waals surface area (Å²) in [6.07, 6.45) is 46.9. The molecule has 1 amide bonds. The molecule has 46 heavy (non-hydrogen) atoms. The van der Waals surface area contributed by atoms with E-state index in [2.05, 4.69) is 98.2 Å². The molecule has 262 valence electrons. The zero-order valence-electron chi connectivity index (χ0n) is 28.9. The van der Waals surface area contributed by atoms with E-state index in [1.165, 1.54) is 25.7 Å². The van der Waals surface area contributed by atoms with Crippen LogP contribution >= 0.6 is 0 Å². The topological polar surface area (TPSA) is 104 Å². The van der Waals surface area contributed by atoms with Gasteiger partial charge in [-0.15, -0.1) is 0 Å². The van der Waals surface area contributed by atoms with Crippen LogP contribution in [0.1, 0.15) is 136 Å². The van der Waals surface area contributed by atoms with Gasteiger partial charge in [0.25, 0.3) is 10.1 Å². The fraction of sp³-hybridized carbons (Fsp3) is 0.615. The van der Waals surface area contributed by atoms with Gasteiger partial charge in [-0.25, -0.2) is 0 Å². The normalized spacial score (nSPS) is 14.4. The van der Waals surface area contributed by atoms with E-state index in [9.17, 15) is 22.9 Å². The van der Waals surface area contributed by atoms with E-state index in [-0.39, 0.29) is 12.3 Å². The van der Waals surface area contributed by atoms with Crippen molar-refractivity contribution in [1.82, 2.24) is 5.32 Å². The van der Waals surface area contributed by atoms with Gasteiger partial charge in [0.15, 0.2) is 0 Å². The van der Waals surface area contributed by atoms with Crippen molar-refractivity contribution in [2.75, 3.05) is 5.75 Å². The molecule has 6 nitrogen and oxygen atoms in total. The van der Waals surface area contributed by atoms with Crippen LogP contribution in [0.4, 0.5) is 0 Å². The van der Waals surface area contributed by atoms with Crippen LogP contribution in [-0.4, -0.2) is 41.9 Å². The van der Waals surface area contributed by atoms with Crippen LogP contribution in [0.5, 0.6) is 0 Å². The highest BCUT2D eigenvalue weighted by molar-refractivity contribution is 7.85. The molecule has 0 aliphatic carbocycles. The van der Waals surface area contributed by atoms with Crippen molar-refractivity contribution in [3.8, 4) is 0 Å². The Labute approximate surface area is 282 Å². The van der Waals surface area contributed by atoms with Gasteiger partial charge >= 0.3 is 0 Å². The van der Waals surface area contributed by atoms with E-state index < -0.39 is 28.0 Å². The zero-order chi connectivity index (χ0) is 34.0. The van der Waals surface area contributed by atoms with Crippen LogP contribution in [-0.2, 0) is 14.9 Å². The van der Waals surface area contributed by atoms with Gasteiger partial charge in [0.05, 0.1) is 17.9 Å². The summed E-state index contributed by atoms with van der Waals surface area (Å²) in [4.78, 5) is 12.4. The average Bonchev–Trinajstić information content (AvgIpc) is 3.01. The molecule has 0 aliphatic heterocycles. The van der Waals surface area contributed by atoms with Crippen LogP contribution in [0.2, 0.25) is 0 Å². The number of aliphatic hydroxyl groups is 1. The molecule has 0 rings (SSSR count). The van der Waals surface area contributed by atoms with Gasteiger partial charge in [-0.1, -0.05) is 150 Å². The van der Waals surface area contributed by atoms with Crippen LogP contribution in [0.3, 0.4) is 0 Å². The molecule has 0 aromatic rings. The first-order chi connectivity index (χ1) is 22.3. The number of carbonyl (C=O) groups is 1. The second-order valence-corrected chi connectivity index (χ2v) is 13.3. The molecule has 0 bridgehead atoms. The van der Waals surface area contributed by atoms with E-state index in [1.807, 2.05) is 6.08 Å². The molecule has 2 atom stereocenters. The Kier molecular flexibility index (Phi) is 30.7. The van der Waals surface area contributed by atoms with Gasteiger partial charge in [-0.3, -0.25) is 9.35 Å². The van der Waals surface area contributed by atoms with Crippen molar-refractivity contribution in [1.29, 1.82) is 0 Å². The first-order valence-corrected chi connectivity index (χ1v) is 19.4. The lowest BCUT2D eigenvalue weighted by atomic mass is 10.0. The van der Waals surface area contributed by atoms with Crippen molar-refractivity contribution in [3.05, 3.63) is 85.1 Å². The Morgan fingerprint density at radius 1 is 0.609 bits per heavy atom. The summed E-state index contributed by atoms with van der Waals surface area (Å²) in [6.45, 7) is 4.34. The first-order valence-electron chi connectivity index (χ1n) is 17.8. The highest BCUT2D eigenvalue weighted by Gasteiger charge is 2.25. The smallest absolute Gasteiger partial charge is 0.266 e. The van der Waals surface area contributed by atoms with Gasteiger partial charge in [-0.2, -0.15) is 8.42 Å². The monoisotopic (exact) mass is 659 g/mol. The van der Waals surface area contributed by atoms with Crippen molar-refractivity contribution >= 4 is 16.0 Å². The molecule has 0 radical (unpaired) electrons. The fourth-order valence-corrected chi connectivity index (χ4v) is 5.49. The minimum atomic E-state index is -4.32. The zero-order valence-corrected chi connectivity index (χ0v) is 29.7. The molecule has 0 saturated heterocycles. The first kappa shape index (κ1) is 43.5. The number of allylic oxidation sites excluding steroid dienone is 14. The Balaban J connectivity index is 4.05. The molecule has 2 unspecified atom stereocenters. The number of hydrogen-bond acceptors (Lipinski definition) is 4. The molecule has 0 saturated carbocycles. The number of amides is 1. The Bertz CT molecular complexity index is 1040. The Hall–Kier alpha value is -2.48. The number of unbranched alkanes of at least 4 members (excludes halogenated alkanes) is 8. The number of hydrogen-bond donors (Lipinski definition) is 3. The van der Waals surface area contributed by atoms with Gasteiger partial charge in [0, 0.05) is 6.42 Å². The highest BCUT2D eigenvalue weighted by atomic mass is 32.2. The maximum atomic E-state index is 12.4. The minimum absolute atomic E-state index is 0.233. The van der Waals surface area contributed by atoms with E-state index in [1.54, 1.807) is 0 Å². The number of rotatable bonds is 30. The third kappa shape index (κ3) is 32.9. The second kappa shape index (κ2) is 32.5. The lowest BCUT2D eigenvalue weighted by Crippen LogP contribution is -2.47. The summed E-state index contributed by atoms with van der Waals surface area (Å²) in [6, 6.07) is -1.00. The molecule has 7 heteroatoms. The minimum Gasteiger partial charge on any atom is -0.391 e. The summed E-state index contributed by atoms with van der Waals surface area (Å²) in [5, 5.41) is 13.2. The third-order valence-corrected chi connectivity index (χ3v) is 8.14. The van der Waals surface area contributed by atoms with Gasteiger partial charge < -0.3 is 10.4 Å². The summed E-state index contributed by atoms with van der Waals surface area (Å²) in [5.41, 5.74) is 0. The SMILES string of the molecule is CC/C=C\C/C=C\C/C=C\C/C=C\C/C=C\C/C=C\C/C=C\CCCC(=O)NC(CS(=O)(=O)O)C(O)CCCCCCCCCC. The largest absolute Gasteiger partial charge is 0.391 e.